The lowest BCUT2D eigenvalue weighted by molar-refractivity contribution is -0.114. The maximum atomic E-state index is 12.6. The number of hydrogen-bond donors (Lipinski definition) is 1. The summed E-state index contributed by atoms with van der Waals surface area (Å²) in [7, 11) is 1.57. The molecule has 0 unspecified atom stereocenters. The molecular formula is C26H25N3O4S. The van der Waals surface area contributed by atoms with Crippen molar-refractivity contribution in [3.05, 3.63) is 82.9 Å². The van der Waals surface area contributed by atoms with Gasteiger partial charge in [-0.2, -0.15) is 4.99 Å². The molecular weight excluding hydrogens is 450 g/mol. The number of amidine groups is 2. The Bertz CT molecular complexity index is 1220. The fourth-order valence-corrected chi connectivity index (χ4v) is 4.48. The van der Waals surface area contributed by atoms with E-state index >= 15 is 0 Å². The zero-order valence-corrected chi connectivity index (χ0v) is 19.9. The number of amides is 1. The van der Waals surface area contributed by atoms with Crippen LogP contribution in [0.4, 0.5) is 0 Å². The monoisotopic (exact) mass is 475 g/mol. The van der Waals surface area contributed by atoms with E-state index in [-0.39, 0.29) is 11.4 Å². The van der Waals surface area contributed by atoms with E-state index in [1.165, 1.54) is 11.8 Å². The van der Waals surface area contributed by atoms with Crippen LogP contribution in [0.2, 0.25) is 0 Å². The number of ether oxygens (including phenoxy) is 3. The van der Waals surface area contributed by atoms with Crippen molar-refractivity contribution < 1.29 is 19.0 Å². The molecule has 0 fully saturated rings. The van der Waals surface area contributed by atoms with E-state index in [1.807, 2.05) is 48.7 Å². The first-order valence-electron chi connectivity index (χ1n) is 10.7. The van der Waals surface area contributed by atoms with Gasteiger partial charge in [0.2, 0.25) is 0 Å². The smallest absolute Gasteiger partial charge is 0.283 e. The summed E-state index contributed by atoms with van der Waals surface area (Å²) < 4.78 is 17.3. The van der Waals surface area contributed by atoms with Gasteiger partial charge in [-0.3, -0.25) is 15.1 Å². The van der Waals surface area contributed by atoms with E-state index in [2.05, 4.69) is 11.6 Å². The summed E-state index contributed by atoms with van der Waals surface area (Å²) in [5, 5.41) is 10.9. The normalized spacial score (nSPS) is 16.2. The van der Waals surface area contributed by atoms with Crippen LogP contribution in [0.3, 0.4) is 0 Å². The number of thioether (sulfide) groups is 1. The largest absolute Gasteiger partial charge is 0.493 e. The third kappa shape index (κ3) is 4.92. The molecule has 0 bridgehead atoms. The van der Waals surface area contributed by atoms with E-state index in [1.54, 1.807) is 30.2 Å². The number of aliphatic imine (C=N–C) groups is 1. The number of carbonyl (C=O) groups is 1. The van der Waals surface area contributed by atoms with Gasteiger partial charge in [-0.1, -0.05) is 36.0 Å². The second kappa shape index (κ2) is 10.4. The van der Waals surface area contributed by atoms with E-state index in [4.69, 9.17) is 19.6 Å². The fourth-order valence-electron chi connectivity index (χ4n) is 3.62. The molecule has 2 aliphatic heterocycles. The summed E-state index contributed by atoms with van der Waals surface area (Å²) in [6, 6.07) is 13.2. The molecule has 2 aliphatic rings. The van der Waals surface area contributed by atoms with Crippen molar-refractivity contribution in [1.29, 1.82) is 5.41 Å². The van der Waals surface area contributed by atoms with Crippen LogP contribution in [0.15, 0.2) is 76.8 Å². The van der Waals surface area contributed by atoms with E-state index in [9.17, 15) is 4.79 Å². The lowest BCUT2D eigenvalue weighted by Crippen LogP contribution is -2.37. The van der Waals surface area contributed by atoms with Gasteiger partial charge < -0.3 is 14.2 Å². The molecule has 2 heterocycles. The Morgan fingerprint density at radius 2 is 1.94 bits per heavy atom. The van der Waals surface area contributed by atoms with Crippen molar-refractivity contribution in [3.63, 3.8) is 0 Å². The Morgan fingerprint density at radius 1 is 1.18 bits per heavy atom. The second-order valence-electron chi connectivity index (χ2n) is 7.53. The van der Waals surface area contributed by atoms with Crippen LogP contribution >= 0.6 is 11.8 Å². The van der Waals surface area contributed by atoms with Crippen LogP contribution in [0.5, 0.6) is 17.2 Å². The predicted octanol–water partition coefficient (Wildman–Crippen LogP) is 5.05. The highest BCUT2D eigenvalue weighted by Gasteiger charge is 2.34. The minimum Gasteiger partial charge on any atom is -0.493 e. The summed E-state index contributed by atoms with van der Waals surface area (Å²) in [6.07, 6.45) is 3.98. The molecule has 0 aliphatic carbocycles. The molecule has 1 amide bonds. The number of nitrogens with one attached hydrogen (secondary N) is 1. The van der Waals surface area contributed by atoms with Crippen molar-refractivity contribution in [2.45, 2.75) is 13.3 Å². The number of carbonyl (C=O) groups excluding carboxylic acids is 1. The zero-order chi connectivity index (χ0) is 24.1. The van der Waals surface area contributed by atoms with Crippen LogP contribution in [-0.2, 0) is 11.2 Å². The van der Waals surface area contributed by atoms with Gasteiger partial charge in [0.05, 0.1) is 12.7 Å². The van der Waals surface area contributed by atoms with Crippen LogP contribution in [-0.4, -0.2) is 42.1 Å². The number of methoxy groups -OCH3 is 1. The maximum absolute atomic E-state index is 12.6. The first-order chi connectivity index (χ1) is 16.5. The first kappa shape index (κ1) is 23.4. The highest BCUT2D eigenvalue weighted by molar-refractivity contribution is 8.16. The summed E-state index contributed by atoms with van der Waals surface area (Å²) in [5.74, 6) is 1.57. The maximum Gasteiger partial charge on any atom is 0.283 e. The number of fused-ring (bicyclic) bond motifs is 1. The molecule has 1 N–H and O–H groups in total. The van der Waals surface area contributed by atoms with Crippen molar-refractivity contribution >= 4 is 34.7 Å². The van der Waals surface area contributed by atoms with Crippen LogP contribution in [0.25, 0.3) is 6.08 Å². The van der Waals surface area contributed by atoms with Crippen LogP contribution in [0, 0.1) is 5.41 Å². The predicted molar refractivity (Wildman–Crippen MR) is 136 cm³/mol. The summed E-state index contributed by atoms with van der Waals surface area (Å²) in [4.78, 5) is 18.4. The molecule has 0 saturated heterocycles. The van der Waals surface area contributed by atoms with Crippen LogP contribution < -0.4 is 14.2 Å². The van der Waals surface area contributed by atoms with Gasteiger partial charge in [0.25, 0.3) is 5.91 Å². The van der Waals surface area contributed by atoms with E-state index in [0.717, 1.165) is 17.0 Å². The lowest BCUT2D eigenvalue weighted by atomic mass is 10.0. The van der Waals surface area contributed by atoms with Crippen LogP contribution in [0.1, 0.15) is 18.1 Å². The fraction of sp³-hybridized carbons (Fsp3) is 0.192. The average molecular weight is 476 g/mol. The highest BCUT2D eigenvalue weighted by Crippen LogP contribution is 2.36. The molecule has 0 aromatic heterocycles. The zero-order valence-electron chi connectivity index (χ0n) is 19.0. The molecule has 0 saturated carbocycles. The minimum atomic E-state index is -0.436. The quantitative estimate of drug-likeness (QED) is 0.310. The number of hydrogen-bond acceptors (Lipinski definition) is 6. The summed E-state index contributed by atoms with van der Waals surface area (Å²) in [5.41, 5.74) is 2.64. The number of rotatable bonds is 9. The Balaban J connectivity index is 1.58. The van der Waals surface area contributed by atoms with Gasteiger partial charge in [0.15, 0.2) is 16.7 Å². The lowest BCUT2D eigenvalue weighted by Gasteiger charge is -2.25. The average Bonchev–Trinajstić information content (AvgIpc) is 3.21. The Morgan fingerprint density at radius 3 is 2.68 bits per heavy atom. The topological polar surface area (TPSA) is 84.2 Å². The van der Waals surface area contributed by atoms with Crippen molar-refractivity contribution in [2.75, 3.05) is 20.3 Å². The Labute approximate surface area is 202 Å². The van der Waals surface area contributed by atoms with Gasteiger partial charge >= 0.3 is 0 Å². The molecule has 0 atom stereocenters. The van der Waals surface area contributed by atoms with Crippen molar-refractivity contribution in [2.24, 2.45) is 4.99 Å². The standard InChI is InChI=1S/C26H25N3O4S/c1-4-8-19-13-18(14-21-24(27)29-17(2)16-34-26(29)28-25(21)30)15-22(31-3)23(19)33-12-11-32-20-9-6-5-7-10-20/h4-7,9-10,13-16,27H,1,8,11-12H2,2-3H3/b21-14+,27-24?. The number of nitrogens with zero attached hydrogens (tertiary/aromatic N) is 2. The van der Waals surface area contributed by atoms with Crippen molar-refractivity contribution in [1.82, 2.24) is 4.90 Å². The van der Waals surface area contributed by atoms with Gasteiger partial charge in [-0.05, 0) is 54.7 Å². The molecule has 34 heavy (non-hydrogen) atoms. The van der Waals surface area contributed by atoms with Crippen molar-refractivity contribution in [3.8, 4) is 17.2 Å². The SMILES string of the molecule is C=CCc1cc(/C=C2\C(=N)N3C(C)=CSC3=NC2=O)cc(OC)c1OCCOc1ccccc1. The number of para-hydroxylation sites is 1. The molecule has 8 heteroatoms. The summed E-state index contributed by atoms with van der Waals surface area (Å²) >= 11 is 1.34. The van der Waals surface area contributed by atoms with Gasteiger partial charge in [0, 0.05) is 11.3 Å². The molecule has 2 aromatic rings. The van der Waals surface area contributed by atoms with Gasteiger partial charge in [-0.15, -0.1) is 6.58 Å². The third-order valence-electron chi connectivity index (χ3n) is 5.18. The molecule has 0 spiro atoms. The molecule has 174 valence electrons. The summed E-state index contributed by atoms with van der Waals surface area (Å²) in [6.45, 7) is 6.43. The van der Waals surface area contributed by atoms with Gasteiger partial charge in [-0.25, -0.2) is 0 Å². The Kier molecular flexibility index (Phi) is 7.18. The number of allylic oxidation sites excluding steroid dienone is 2. The van der Waals surface area contributed by atoms with E-state index < -0.39 is 5.91 Å². The highest BCUT2D eigenvalue weighted by atomic mass is 32.2. The molecule has 2 aromatic carbocycles. The Hall–Kier alpha value is -3.78. The number of benzene rings is 2. The second-order valence-corrected chi connectivity index (χ2v) is 8.37. The van der Waals surface area contributed by atoms with E-state index in [0.29, 0.717) is 41.9 Å². The molecule has 4 rings (SSSR count). The molecule has 0 radical (unpaired) electrons. The van der Waals surface area contributed by atoms with Gasteiger partial charge in [0.1, 0.15) is 24.8 Å². The molecule has 7 nitrogen and oxygen atoms in total. The third-order valence-corrected chi connectivity index (χ3v) is 6.12. The first-order valence-corrected chi connectivity index (χ1v) is 11.6. The minimum absolute atomic E-state index is 0.108.